The molecule has 2 heteroatoms. The zero-order chi connectivity index (χ0) is 13.4. The fourth-order valence-electron chi connectivity index (χ4n) is 3.61. The molecule has 2 fully saturated rings. The Morgan fingerprint density at radius 2 is 1.68 bits per heavy atom. The molecule has 3 rings (SSSR count). The van der Waals surface area contributed by atoms with Crippen LogP contribution in [0.2, 0.25) is 0 Å². The quantitative estimate of drug-likeness (QED) is 0.796. The summed E-state index contributed by atoms with van der Waals surface area (Å²) in [5, 5.41) is 0. The van der Waals surface area contributed by atoms with Gasteiger partial charge in [0.2, 0.25) is 5.91 Å². The number of rotatable bonds is 2. The lowest BCUT2D eigenvalue weighted by Crippen LogP contribution is -2.43. The second kappa shape index (κ2) is 4.99. The molecule has 2 nitrogen and oxygen atoms in total. The molecule has 4 unspecified atom stereocenters. The van der Waals surface area contributed by atoms with E-state index in [0.717, 1.165) is 19.5 Å². The topological polar surface area (TPSA) is 20.3 Å². The normalized spacial score (nSPS) is 34.1. The maximum absolute atomic E-state index is 12.6. The van der Waals surface area contributed by atoms with E-state index in [0.29, 0.717) is 23.7 Å². The SMILES string of the molecule is CC1CC(C)CN(C(=O)C2CC2c2ccccc2)C1. The Balaban J connectivity index is 1.63. The summed E-state index contributed by atoms with van der Waals surface area (Å²) >= 11 is 0. The average molecular weight is 257 g/mol. The van der Waals surface area contributed by atoms with Gasteiger partial charge in [0.15, 0.2) is 0 Å². The molecule has 1 amide bonds. The summed E-state index contributed by atoms with van der Waals surface area (Å²) in [7, 11) is 0. The molecule has 1 saturated carbocycles. The monoisotopic (exact) mass is 257 g/mol. The minimum absolute atomic E-state index is 0.250. The van der Waals surface area contributed by atoms with Crippen LogP contribution in [0.25, 0.3) is 0 Å². The lowest BCUT2D eigenvalue weighted by Gasteiger charge is -2.35. The van der Waals surface area contributed by atoms with Crippen LogP contribution in [0.3, 0.4) is 0 Å². The Labute approximate surface area is 115 Å². The van der Waals surface area contributed by atoms with Crippen molar-refractivity contribution in [1.29, 1.82) is 0 Å². The van der Waals surface area contributed by atoms with Crippen LogP contribution >= 0.6 is 0 Å². The molecule has 0 radical (unpaired) electrons. The third kappa shape index (κ3) is 2.68. The molecule has 0 aromatic heterocycles. The van der Waals surface area contributed by atoms with Crippen LogP contribution in [0.1, 0.15) is 38.2 Å². The molecule has 1 aliphatic carbocycles. The Morgan fingerprint density at radius 1 is 1.05 bits per heavy atom. The van der Waals surface area contributed by atoms with Crippen molar-refractivity contribution >= 4 is 5.91 Å². The van der Waals surface area contributed by atoms with E-state index in [-0.39, 0.29) is 5.92 Å². The van der Waals surface area contributed by atoms with Gasteiger partial charge in [0, 0.05) is 19.0 Å². The van der Waals surface area contributed by atoms with Gasteiger partial charge in [-0.3, -0.25) is 4.79 Å². The van der Waals surface area contributed by atoms with Crippen LogP contribution in [-0.2, 0) is 4.79 Å². The van der Waals surface area contributed by atoms with E-state index in [1.54, 1.807) is 0 Å². The van der Waals surface area contributed by atoms with Crippen molar-refractivity contribution in [3.05, 3.63) is 35.9 Å². The highest BCUT2D eigenvalue weighted by molar-refractivity contribution is 5.83. The van der Waals surface area contributed by atoms with E-state index in [4.69, 9.17) is 0 Å². The number of carbonyl (C=O) groups excluding carboxylic acids is 1. The zero-order valence-corrected chi connectivity index (χ0v) is 11.9. The minimum Gasteiger partial charge on any atom is -0.342 e. The predicted molar refractivity (Wildman–Crippen MR) is 76.8 cm³/mol. The highest BCUT2D eigenvalue weighted by Crippen LogP contribution is 2.48. The van der Waals surface area contributed by atoms with E-state index in [9.17, 15) is 4.79 Å². The number of likely N-dealkylation sites (tertiary alicyclic amines) is 1. The summed E-state index contributed by atoms with van der Waals surface area (Å²) in [4.78, 5) is 14.7. The Morgan fingerprint density at radius 3 is 2.32 bits per heavy atom. The van der Waals surface area contributed by atoms with E-state index in [2.05, 4.69) is 43.0 Å². The molecule has 1 aromatic rings. The van der Waals surface area contributed by atoms with Crippen LogP contribution in [0.15, 0.2) is 30.3 Å². The van der Waals surface area contributed by atoms with E-state index < -0.39 is 0 Å². The highest BCUT2D eigenvalue weighted by atomic mass is 16.2. The van der Waals surface area contributed by atoms with Gasteiger partial charge in [-0.2, -0.15) is 0 Å². The smallest absolute Gasteiger partial charge is 0.226 e. The second-order valence-electron chi connectivity index (χ2n) is 6.55. The average Bonchev–Trinajstić information content (AvgIpc) is 3.18. The van der Waals surface area contributed by atoms with Crippen molar-refractivity contribution < 1.29 is 4.79 Å². The third-order valence-corrected chi connectivity index (χ3v) is 4.52. The first kappa shape index (κ1) is 12.7. The fourth-order valence-corrected chi connectivity index (χ4v) is 3.61. The minimum atomic E-state index is 0.250. The molecule has 1 aromatic carbocycles. The van der Waals surface area contributed by atoms with E-state index in [1.165, 1.54) is 12.0 Å². The van der Waals surface area contributed by atoms with Gasteiger partial charge < -0.3 is 4.90 Å². The van der Waals surface area contributed by atoms with Crippen LogP contribution in [0, 0.1) is 17.8 Å². The molecule has 0 bridgehead atoms. The highest BCUT2D eigenvalue weighted by Gasteiger charge is 2.46. The summed E-state index contributed by atoms with van der Waals surface area (Å²) in [5.74, 6) is 2.43. The molecule has 4 atom stereocenters. The van der Waals surface area contributed by atoms with Gasteiger partial charge in [-0.1, -0.05) is 44.2 Å². The molecule has 102 valence electrons. The largest absolute Gasteiger partial charge is 0.342 e. The Kier molecular flexibility index (Phi) is 3.34. The molecule has 2 aliphatic rings. The van der Waals surface area contributed by atoms with Crippen LogP contribution in [0.5, 0.6) is 0 Å². The Hall–Kier alpha value is -1.31. The van der Waals surface area contributed by atoms with Crippen LogP contribution in [-0.4, -0.2) is 23.9 Å². The molecule has 1 saturated heterocycles. The number of hydrogen-bond acceptors (Lipinski definition) is 1. The molecule has 1 aliphatic heterocycles. The van der Waals surface area contributed by atoms with Gasteiger partial charge in [0.1, 0.15) is 0 Å². The van der Waals surface area contributed by atoms with Crippen molar-refractivity contribution in [2.45, 2.75) is 32.6 Å². The number of amides is 1. The molecule has 0 spiro atoms. The lowest BCUT2D eigenvalue weighted by molar-refractivity contribution is -0.135. The lowest BCUT2D eigenvalue weighted by atomic mass is 9.91. The standard InChI is InChI=1S/C17H23NO/c1-12-8-13(2)11-18(10-12)17(19)16-9-15(16)14-6-4-3-5-7-14/h3-7,12-13,15-16H,8-11H2,1-2H3. The first-order valence-corrected chi connectivity index (χ1v) is 7.49. The van der Waals surface area contributed by atoms with Crippen molar-refractivity contribution in [1.82, 2.24) is 4.90 Å². The number of benzene rings is 1. The fraction of sp³-hybridized carbons (Fsp3) is 0.588. The Bertz CT molecular complexity index is 446. The summed E-state index contributed by atoms with van der Waals surface area (Å²) < 4.78 is 0. The van der Waals surface area contributed by atoms with Crippen molar-refractivity contribution in [2.75, 3.05) is 13.1 Å². The van der Waals surface area contributed by atoms with Gasteiger partial charge in [0.05, 0.1) is 0 Å². The van der Waals surface area contributed by atoms with Crippen LogP contribution < -0.4 is 0 Å². The number of hydrogen-bond donors (Lipinski definition) is 0. The summed E-state index contributed by atoms with van der Waals surface area (Å²) in [5.41, 5.74) is 1.33. The first-order chi connectivity index (χ1) is 9.15. The summed E-state index contributed by atoms with van der Waals surface area (Å²) in [6.07, 6.45) is 2.30. The van der Waals surface area contributed by atoms with Crippen molar-refractivity contribution in [3.8, 4) is 0 Å². The number of carbonyl (C=O) groups is 1. The summed E-state index contributed by atoms with van der Waals surface area (Å²) in [6, 6.07) is 10.5. The molecular formula is C17H23NO. The second-order valence-corrected chi connectivity index (χ2v) is 6.55. The predicted octanol–water partition coefficient (Wildman–Crippen LogP) is 3.29. The van der Waals surface area contributed by atoms with Crippen LogP contribution in [0.4, 0.5) is 0 Å². The van der Waals surface area contributed by atoms with Gasteiger partial charge in [-0.25, -0.2) is 0 Å². The maximum atomic E-state index is 12.6. The first-order valence-electron chi connectivity index (χ1n) is 7.49. The van der Waals surface area contributed by atoms with E-state index in [1.807, 2.05) is 6.07 Å². The maximum Gasteiger partial charge on any atom is 0.226 e. The van der Waals surface area contributed by atoms with Crippen molar-refractivity contribution in [2.24, 2.45) is 17.8 Å². The van der Waals surface area contributed by atoms with Gasteiger partial charge >= 0.3 is 0 Å². The third-order valence-electron chi connectivity index (χ3n) is 4.52. The molecule has 0 N–H and O–H groups in total. The van der Waals surface area contributed by atoms with Gasteiger partial charge in [0.25, 0.3) is 0 Å². The zero-order valence-electron chi connectivity index (χ0n) is 11.9. The van der Waals surface area contributed by atoms with Gasteiger partial charge in [-0.15, -0.1) is 0 Å². The van der Waals surface area contributed by atoms with E-state index >= 15 is 0 Å². The van der Waals surface area contributed by atoms with Gasteiger partial charge in [-0.05, 0) is 36.2 Å². The van der Waals surface area contributed by atoms with Crippen molar-refractivity contribution in [3.63, 3.8) is 0 Å². The molecule has 19 heavy (non-hydrogen) atoms. The number of nitrogens with zero attached hydrogens (tertiary/aromatic N) is 1. The molecule has 1 heterocycles. The summed E-state index contributed by atoms with van der Waals surface area (Å²) in [6.45, 7) is 6.44. The molecular weight excluding hydrogens is 234 g/mol. The number of piperidine rings is 1.